The van der Waals surface area contributed by atoms with Gasteiger partial charge in [-0.3, -0.25) is 9.68 Å². The molecule has 0 bridgehead atoms. The molecule has 0 radical (unpaired) electrons. The minimum absolute atomic E-state index is 0.0160. The van der Waals surface area contributed by atoms with E-state index in [1.807, 2.05) is 6.92 Å². The number of esters is 1. The number of hydrogen-bond donors (Lipinski definition) is 0. The van der Waals surface area contributed by atoms with Crippen LogP contribution in [0.25, 0.3) is 0 Å². The van der Waals surface area contributed by atoms with Crippen molar-refractivity contribution in [1.82, 2.24) is 0 Å². The first kappa shape index (κ1) is 22.2. The fourth-order valence-electron chi connectivity index (χ4n) is 2.82. The highest BCUT2D eigenvalue weighted by Gasteiger charge is 2.49. The maximum Gasteiger partial charge on any atom is 0.372 e. The molecule has 0 heterocycles. The van der Waals surface area contributed by atoms with E-state index in [1.54, 1.807) is 38.1 Å². The summed E-state index contributed by atoms with van der Waals surface area (Å²) in [4.78, 5) is 35.9. The average molecular weight is 404 g/mol. The van der Waals surface area contributed by atoms with E-state index in [2.05, 4.69) is 0 Å². The Hall–Kier alpha value is -3.09. The second-order valence-corrected chi connectivity index (χ2v) is 6.29. The molecule has 2 aromatic carbocycles. The van der Waals surface area contributed by atoms with Crippen LogP contribution in [0.1, 0.15) is 32.8 Å². The highest BCUT2D eigenvalue weighted by atomic mass is 19.1. The minimum Gasteiger partial charge on any atom is -0.490 e. The van der Waals surface area contributed by atoms with Crippen LogP contribution in [0.4, 0.5) is 4.39 Å². The maximum absolute atomic E-state index is 13.2. The number of halogens is 1. The van der Waals surface area contributed by atoms with Crippen LogP contribution in [0.5, 0.6) is 11.5 Å². The van der Waals surface area contributed by atoms with Crippen molar-refractivity contribution >= 4 is 11.9 Å². The molecule has 0 fully saturated rings. The summed E-state index contributed by atoms with van der Waals surface area (Å²) in [7, 11) is 0. The highest BCUT2D eigenvalue weighted by molar-refractivity contribution is 6.00. The number of rotatable bonds is 10. The van der Waals surface area contributed by atoms with Gasteiger partial charge < -0.3 is 9.47 Å². The van der Waals surface area contributed by atoms with Gasteiger partial charge in [0.1, 0.15) is 5.82 Å². The summed E-state index contributed by atoms with van der Waals surface area (Å²) in [6, 6.07) is 12.3. The van der Waals surface area contributed by atoms with E-state index in [-0.39, 0.29) is 25.2 Å². The van der Waals surface area contributed by atoms with Gasteiger partial charge in [-0.25, -0.2) is 14.1 Å². The van der Waals surface area contributed by atoms with Gasteiger partial charge in [0.25, 0.3) is 0 Å². The molecular formula is C22H25FO6. The Morgan fingerprint density at radius 3 is 2.14 bits per heavy atom. The molecule has 0 saturated carbocycles. The Kier molecular flexibility index (Phi) is 8.00. The molecule has 1 atom stereocenters. The quantitative estimate of drug-likeness (QED) is 0.255. The molecule has 1 unspecified atom stereocenters. The summed E-state index contributed by atoms with van der Waals surface area (Å²) in [6.45, 7) is 5.65. The molecule has 7 heteroatoms. The molecule has 0 amide bonds. The van der Waals surface area contributed by atoms with Crippen molar-refractivity contribution in [2.24, 2.45) is 5.41 Å². The number of benzene rings is 2. The average Bonchev–Trinajstić information content (AvgIpc) is 2.73. The largest absolute Gasteiger partial charge is 0.490 e. The summed E-state index contributed by atoms with van der Waals surface area (Å²) in [6.07, 6.45) is 0.0937. The zero-order chi connectivity index (χ0) is 21.3. The summed E-state index contributed by atoms with van der Waals surface area (Å²) >= 11 is 0. The van der Waals surface area contributed by atoms with E-state index in [1.165, 1.54) is 24.3 Å². The molecule has 29 heavy (non-hydrogen) atoms. The first-order valence-electron chi connectivity index (χ1n) is 9.49. The standard InChI is InChI=1S/C22H25FO6/c1-4-22(20(24)27-6-3,15-16-11-13-17(23)14-12-16)21(25)29-28-19-10-8-7-9-18(19)26-5-2/h7-14H,4-6,15H2,1-3H3. The number of carbonyl (C=O) groups excluding carboxylic acids is 2. The fourth-order valence-corrected chi connectivity index (χ4v) is 2.82. The van der Waals surface area contributed by atoms with Crippen molar-refractivity contribution in [2.45, 2.75) is 33.6 Å². The Morgan fingerprint density at radius 2 is 1.55 bits per heavy atom. The van der Waals surface area contributed by atoms with Crippen LogP contribution in [0, 0.1) is 11.2 Å². The van der Waals surface area contributed by atoms with Crippen molar-refractivity contribution in [2.75, 3.05) is 13.2 Å². The van der Waals surface area contributed by atoms with E-state index < -0.39 is 23.2 Å². The second kappa shape index (κ2) is 10.5. The van der Waals surface area contributed by atoms with Gasteiger partial charge in [0.2, 0.25) is 5.75 Å². The van der Waals surface area contributed by atoms with Gasteiger partial charge in [-0.15, -0.1) is 0 Å². The fraction of sp³-hybridized carbons (Fsp3) is 0.364. The predicted octanol–water partition coefficient (Wildman–Crippen LogP) is 4.26. The topological polar surface area (TPSA) is 71.1 Å². The van der Waals surface area contributed by atoms with Crippen LogP contribution in [-0.2, 0) is 25.6 Å². The van der Waals surface area contributed by atoms with E-state index in [9.17, 15) is 14.0 Å². The van der Waals surface area contributed by atoms with Gasteiger partial charge in [-0.05, 0) is 56.5 Å². The van der Waals surface area contributed by atoms with Crippen molar-refractivity contribution in [1.29, 1.82) is 0 Å². The number of para-hydroxylation sites is 2. The molecule has 0 aliphatic heterocycles. The first-order chi connectivity index (χ1) is 14.0. The van der Waals surface area contributed by atoms with Crippen LogP contribution in [0.15, 0.2) is 48.5 Å². The van der Waals surface area contributed by atoms with Crippen molar-refractivity contribution in [3.05, 3.63) is 59.9 Å². The van der Waals surface area contributed by atoms with E-state index in [4.69, 9.17) is 19.2 Å². The van der Waals surface area contributed by atoms with Crippen LogP contribution < -0.4 is 9.62 Å². The maximum atomic E-state index is 13.2. The number of hydrogen-bond acceptors (Lipinski definition) is 6. The normalized spacial score (nSPS) is 12.6. The molecule has 0 aliphatic carbocycles. The zero-order valence-corrected chi connectivity index (χ0v) is 16.8. The monoisotopic (exact) mass is 404 g/mol. The Balaban J connectivity index is 2.26. The van der Waals surface area contributed by atoms with Crippen molar-refractivity contribution in [3.63, 3.8) is 0 Å². The van der Waals surface area contributed by atoms with Gasteiger partial charge in [0.05, 0.1) is 13.2 Å². The Morgan fingerprint density at radius 1 is 0.897 bits per heavy atom. The molecule has 0 saturated heterocycles. The van der Waals surface area contributed by atoms with Gasteiger partial charge in [-0.2, -0.15) is 0 Å². The Labute approximate surface area is 169 Å². The van der Waals surface area contributed by atoms with Crippen LogP contribution in [0.2, 0.25) is 0 Å². The van der Waals surface area contributed by atoms with Gasteiger partial charge in [-0.1, -0.05) is 31.2 Å². The predicted molar refractivity (Wildman–Crippen MR) is 104 cm³/mol. The van der Waals surface area contributed by atoms with Gasteiger partial charge in [0.15, 0.2) is 11.2 Å². The van der Waals surface area contributed by atoms with E-state index in [0.717, 1.165) is 0 Å². The van der Waals surface area contributed by atoms with E-state index in [0.29, 0.717) is 17.9 Å². The van der Waals surface area contributed by atoms with Crippen molar-refractivity contribution < 1.29 is 33.2 Å². The third-order valence-electron chi connectivity index (χ3n) is 4.44. The molecule has 2 rings (SSSR count). The van der Waals surface area contributed by atoms with Gasteiger partial charge in [0, 0.05) is 0 Å². The highest BCUT2D eigenvalue weighted by Crippen LogP contribution is 2.33. The SMILES string of the molecule is CCOC(=O)C(CC)(Cc1ccc(F)cc1)C(=O)OOc1ccccc1OCC. The van der Waals surface area contributed by atoms with Crippen LogP contribution in [-0.4, -0.2) is 25.2 Å². The lowest BCUT2D eigenvalue weighted by Gasteiger charge is -2.27. The smallest absolute Gasteiger partial charge is 0.372 e. The lowest BCUT2D eigenvalue weighted by molar-refractivity contribution is -0.228. The first-order valence-corrected chi connectivity index (χ1v) is 9.49. The lowest BCUT2D eigenvalue weighted by Crippen LogP contribution is -2.44. The molecule has 6 nitrogen and oxygen atoms in total. The Bertz CT molecular complexity index is 820. The van der Waals surface area contributed by atoms with Crippen LogP contribution in [0.3, 0.4) is 0 Å². The summed E-state index contributed by atoms with van der Waals surface area (Å²) in [5.74, 6) is -1.42. The van der Waals surface area contributed by atoms with Crippen LogP contribution >= 0.6 is 0 Å². The molecule has 156 valence electrons. The molecule has 0 aliphatic rings. The van der Waals surface area contributed by atoms with Gasteiger partial charge >= 0.3 is 11.9 Å². The van der Waals surface area contributed by atoms with E-state index >= 15 is 0 Å². The number of carbonyl (C=O) groups is 2. The zero-order valence-electron chi connectivity index (χ0n) is 16.8. The molecule has 0 N–H and O–H groups in total. The molecule has 0 spiro atoms. The van der Waals surface area contributed by atoms with Crippen molar-refractivity contribution in [3.8, 4) is 11.5 Å². The number of ether oxygens (including phenoxy) is 2. The summed E-state index contributed by atoms with van der Waals surface area (Å²) in [5.41, 5.74) is -1.04. The minimum atomic E-state index is -1.63. The second-order valence-electron chi connectivity index (χ2n) is 6.29. The lowest BCUT2D eigenvalue weighted by atomic mass is 9.79. The molecule has 2 aromatic rings. The third kappa shape index (κ3) is 5.47. The summed E-state index contributed by atoms with van der Waals surface area (Å²) < 4.78 is 23.8. The summed E-state index contributed by atoms with van der Waals surface area (Å²) in [5, 5.41) is 0. The third-order valence-corrected chi connectivity index (χ3v) is 4.44. The molecule has 0 aromatic heterocycles. The molecular weight excluding hydrogens is 379 g/mol.